The van der Waals surface area contributed by atoms with E-state index in [0.29, 0.717) is 11.1 Å². The Hall–Kier alpha value is -0.900. The summed E-state index contributed by atoms with van der Waals surface area (Å²) < 4.78 is 0. The Morgan fingerprint density at radius 1 is 1.44 bits per heavy atom. The van der Waals surface area contributed by atoms with Crippen LogP contribution in [0, 0.1) is 6.92 Å². The number of rotatable bonds is 4. The number of carbonyl (C=O) groups excluding carboxylic acids is 1. The molecule has 2 N–H and O–H groups in total. The van der Waals surface area contributed by atoms with Gasteiger partial charge >= 0.3 is 0 Å². The summed E-state index contributed by atoms with van der Waals surface area (Å²) in [5, 5.41) is 19.1. The third-order valence-electron chi connectivity index (χ3n) is 2.49. The van der Waals surface area contributed by atoms with Crippen LogP contribution >= 0.6 is 11.6 Å². The van der Waals surface area contributed by atoms with Crippen LogP contribution in [0.5, 0.6) is 0 Å². The zero-order valence-corrected chi connectivity index (χ0v) is 10.0. The van der Waals surface area contributed by atoms with Crippen molar-refractivity contribution in [2.45, 2.75) is 26.1 Å². The summed E-state index contributed by atoms with van der Waals surface area (Å²) in [6.45, 7) is 3.28. The molecule has 0 amide bonds. The first-order valence-electron chi connectivity index (χ1n) is 5.01. The van der Waals surface area contributed by atoms with Crippen LogP contribution in [0.3, 0.4) is 0 Å². The summed E-state index contributed by atoms with van der Waals surface area (Å²) in [4.78, 5) is 11.2. The van der Waals surface area contributed by atoms with Gasteiger partial charge in [-0.15, -0.1) is 11.6 Å². The lowest BCUT2D eigenvalue weighted by Gasteiger charge is -2.16. The second-order valence-corrected chi connectivity index (χ2v) is 4.11. The van der Waals surface area contributed by atoms with Crippen molar-refractivity contribution in [2.75, 3.05) is 5.88 Å². The minimum Gasteiger partial charge on any atom is -0.389 e. The summed E-state index contributed by atoms with van der Waals surface area (Å²) in [6, 6.07) is 4.97. The smallest absolute Gasteiger partial charge is 0.160 e. The highest BCUT2D eigenvalue weighted by molar-refractivity contribution is 6.18. The molecule has 0 aliphatic heterocycles. The van der Waals surface area contributed by atoms with Crippen LogP contribution in [-0.2, 0) is 0 Å². The molecule has 0 aliphatic carbocycles. The molecular formula is C12H15ClO3. The first-order valence-corrected chi connectivity index (χ1v) is 5.54. The number of alkyl halides is 1. The fraction of sp³-hybridized carbons (Fsp3) is 0.417. The van der Waals surface area contributed by atoms with Gasteiger partial charge in [-0.05, 0) is 25.0 Å². The largest absolute Gasteiger partial charge is 0.389 e. The third kappa shape index (κ3) is 2.82. The number of halogens is 1. The molecule has 0 saturated carbocycles. The summed E-state index contributed by atoms with van der Waals surface area (Å²) >= 11 is 5.45. The van der Waals surface area contributed by atoms with Gasteiger partial charge in [0.15, 0.2) is 5.78 Å². The maximum atomic E-state index is 11.2. The monoisotopic (exact) mass is 242 g/mol. The van der Waals surface area contributed by atoms with Gasteiger partial charge in [0, 0.05) is 5.56 Å². The average molecular weight is 243 g/mol. The summed E-state index contributed by atoms with van der Waals surface area (Å²) in [6.07, 6.45) is -2.01. The standard InChI is InChI=1S/C12H15ClO3/c1-7-5-9(12(16)11(15)6-13)3-4-10(7)8(2)14/h3-5,11-12,15-16H,6H2,1-2H3. The van der Waals surface area contributed by atoms with E-state index in [1.165, 1.54) is 6.92 Å². The van der Waals surface area contributed by atoms with Gasteiger partial charge in [-0.1, -0.05) is 18.2 Å². The lowest BCUT2D eigenvalue weighted by molar-refractivity contribution is 0.0327. The van der Waals surface area contributed by atoms with E-state index >= 15 is 0 Å². The van der Waals surface area contributed by atoms with Gasteiger partial charge in [0.25, 0.3) is 0 Å². The normalized spacial score (nSPS) is 14.6. The van der Waals surface area contributed by atoms with Gasteiger partial charge in [0.1, 0.15) is 6.10 Å². The van der Waals surface area contributed by atoms with Gasteiger partial charge in [0.05, 0.1) is 12.0 Å². The van der Waals surface area contributed by atoms with Crippen molar-refractivity contribution in [3.63, 3.8) is 0 Å². The molecule has 0 spiro atoms. The zero-order valence-electron chi connectivity index (χ0n) is 9.27. The molecule has 88 valence electrons. The van der Waals surface area contributed by atoms with Crippen molar-refractivity contribution >= 4 is 17.4 Å². The lowest BCUT2D eigenvalue weighted by atomic mass is 9.98. The molecule has 2 unspecified atom stereocenters. The molecule has 0 radical (unpaired) electrons. The molecule has 1 aromatic carbocycles. The van der Waals surface area contributed by atoms with E-state index in [1.807, 2.05) is 0 Å². The predicted molar refractivity (Wildman–Crippen MR) is 62.9 cm³/mol. The van der Waals surface area contributed by atoms with Gasteiger partial charge in [0.2, 0.25) is 0 Å². The summed E-state index contributed by atoms with van der Waals surface area (Å²) in [7, 11) is 0. The SMILES string of the molecule is CC(=O)c1ccc(C(O)C(O)CCl)cc1C. The van der Waals surface area contributed by atoms with Gasteiger partial charge < -0.3 is 10.2 Å². The Balaban J connectivity index is 3.01. The van der Waals surface area contributed by atoms with Crippen molar-refractivity contribution in [1.29, 1.82) is 0 Å². The Kier molecular flexibility index (Phi) is 4.47. The predicted octanol–water partition coefficient (Wildman–Crippen LogP) is 1.83. The van der Waals surface area contributed by atoms with Crippen LogP contribution in [0.15, 0.2) is 18.2 Å². The van der Waals surface area contributed by atoms with E-state index in [1.54, 1.807) is 25.1 Å². The van der Waals surface area contributed by atoms with Crippen molar-refractivity contribution in [1.82, 2.24) is 0 Å². The van der Waals surface area contributed by atoms with E-state index in [0.717, 1.165) is 5.56 Å². The Morgan fingerprint density at radius 2 is 2.06 bits per heavy atom. The highest BCUT2D eigenvalue weighted by atomic mass is 35.5. The zero-order chi connectivity index (χ0) is 12.3. The molecule has 0 bridgehead atoms. The Bertz CT molecular complexity index is 390. The molecule has 0 aromatic heterocycles. The van der Waals surface area contributed by atoms with Crippen LogP contribution in [-0.4, -0.2) is 28.0 Å². The van der Waals surface area contributed by atoms with Crippen molar-refractivity contribution in [3.8, 4) is 0 Å². The molecule has 1 rings (SSSR count). The number of aliphatic hydroxyl groups is 2. The number of hydrogen-bond acceptors (Lipinski definition) is 3. The number of Topliss-reactive ketones (excluding diaryl/α,β-unsaturated/α-hetero) is 1. The summed E-state index contributed by atoms with van der Waals surface area (Å²) in [5.74, 6) is -0.0503. The van der Waals surface area contributed by atoms with Crippen LogP contribution in [0.1, 0.15) is 34.5 Å². The van der Waals surface area contributed by atoms with Crippen molar-refractivity contribution < 1.29 is 15.0 Å². The number of carbonyl (C=O) groups is 1. The van der Waals surface area contributed by atoms with E-state index < -0.39 is 12.2 Å². The van der Waals surface area contributed by atoms with Crippen LogP contribution < -0.4 is 0 Å². The molecule has 3 nitrogen and oxygen atoms in total. The third-order valence-corrected chi connectivity index (χ3v) is 2.81. The van der Waals surface area contributed by atoms with E-state index in [9.17, 15) is 15.0 Å². The molecule has 0 fully saturated rings. The highest BCUT2D eigenvalue weighted by Gasteiger charge is 2.18. The molecule has 2 atom stereocenters. The molecule has 0 heterocycles. The fourth-order valence-corrected chi connectivity index (χ4v) is 1.74. The average Bonchev–Trinajstić information content (AvgIpc) is 2.26. The number of aryl methyl sites for hydroxylation is 1. The maximum absolute atomic E-state index is 11.2. The molecule has 4 heteroatoms. The minimum atomic E-state index is -1.02. The number of hydrogen-bond donors (Lipinski definition) is 2. The molecule has 0 aliphatic rings. The number of ketones is 1. The van der Waals surface area contributed by atoms with Gasteiger partial charge in [-0.25, -0.2) is 0 Å². The van der Waals surface area contributed by atoms with Crippen molar-refractivity contribution in [2.24, 2.45) is 0 Å². The van der Waals surface area contributed by atoms with E-state index in [2.05, 4.69) is 0 Å². The molecule has 0 saturated heterocycles. The highest BCUT2D eigenvalue weighted by Crippen LogP contribution is 2.21. The fourth-order valence-electron chi connectivity index (χ4n) is 1.57. The lowest BCUT2D eigenvalue weighted by Crippen LogP contribution is -2.19. The van der Waals surface area contributed by atoms with Crippen LogP contribution in [0.25, 0.3) is 0 Å². The Morgan fingerprint density at radius 3 is 2.50 bits per heavy atom. The molecule has 1 aromatic rings. The van der Waals surface area contributed by atoms with Crippen molar-refractivity contribution in [3.05, 3.63) is 34.9 Å². The van der Waals surface area contributed by atoms with Gasteiger partial charge in [-0.3, -0.25) is 4.79 Å². The minimum absolute atomic E-state index is 0.0172. The van der Waals surface area contributed by atoms with Crippen LogP contribution in [0.2, 0.25) is 0 Å². The molecular weight excluding hydrogens is 228 g/mol. The number of aliphatic hydroxyl groups excluding tert-OH is 2. The summed E-state index contributed by atoms with van der Waals surface area (Å²) in [5.41, 5.74) is 1.97. The van der Waals surface area contributed by atoms with E-state index in [4.69, 9.17) is 11.6 Å². The first-order chi connectivity index (χ1) is 7.47. The topological polar surface area (TPSA) is 57.5 Å². The van der Waals surface area contributed by atoms with Gasteiger partial charge in [-0.2, -0.15) is 0 Å². The Labute approximate surface area is 99.7 Å². The van der Waals surface area contributed by atoms with Crippen LogP contribution in [0.4, 0.5) is 0 Å². The van der Waals surface area contributed by atoms with E-state index in [-0.39, 0.29) is 11.7 Å². The first kappa shape index (κ1) is 13.2. The second-order valence-electron chi connectivity index (χ2n) is 3.80. The quantitative estimate of drug-likeness (QED) is 0.626. The molecule has 16 heavy (non-hydrogen) atoms. The maximum Gasteiger partial charge on any atom is 0.160 e. The second kappa shape index (κ2) is 5.43. The number of benzene rings is 1.